The molecule has 0 radical (unpaired) electrons. The van der Waals surface area contributed by atoms with E-state index in [9.17, 15) is 23.6 Å². The predicted molar refractivity (Wildman–Crippen MR) is 110 cm³/mol. The Morgan fingerprint density at radius 3 is 2.38 bits per heavy atom. The van der Waals surface area contributed by atoms with Gasteiger partial charge in [-0.2, -0.15) is 0 Å². The third-order valence-electron chi connectivity index (χ3n) is 4.36. The molecule has 32 heavy (non-hydrogen) atoms. The number of hydrogen-bond acceptors (Lipinski definition) is 7. The molecule has 2 aromatic rings. The third-order valence-corrected chi connectivity index (χ3v) is 4.36. The lowest BCUT2D eigenvalue weighted by Gasteiger charge is -2.18. The Morgan fingerprint density at radius 1 is 0.906 bits per heavy atom. The molecule has 0 saturated heterocycles. The Hall–Kier alpha value is -3.95. The fourth-order valence-corrected chi connectivity index (χ4v) is 2.76. The Labute approximate surface area is 182 Å². The van der Waals surface area contributed by atoms with Crippen LogP contribution >= 0.6 is 0 Å². The largest absolute Gasteiger partial charge is 0.486 e. The van der Waals surface area contributed by atoms with Crippen molar-refractivity contribution in [1.29, 1.82) is 0 Å². The lowest BCUT2D eigenvalue weighted by molar-refractivity contribution is -0.148. The molecule has 168 valence electrons. The molecule has 2 amide bonds. The van der Waals surface area contributed by atoms with Gasteiger partial charge in [-0.1, -0.05) is 0 Å². The van der Waals surface area contributed by atoms with Crippen molar-refractivity contribution in [3.63, 3.8) is 0 Å². The van der Waals surface area contributed by atoms with E-state index in [1.807, 2.05) is 0 Å². The number of carbonyl (C=O) groups excluding carboxylic acids is 4. The average molecular weight is 444 g/mol. The van der Waals surface area contributed by atoms with Gasteiger partial charge in [0.05, 0.1) is 13.0 Å². The van der Waals surface area contributed by atoms with E-state index in [-0.39, 0.29) is 25.2 Å². The number of hydrogen-bond donors (Lipinski definition) is 2. The first-order valence-electron chi connectivity index (χ1n) is 9.81. The van der Waals surface area contributed by atoms with Crippen LogP contribution in [0, 0.1) is 5.82 Å². The van der Waals surface area contributed by atoms with Gasteiger partial charge in [-0.05, 0) is 42.5 Å². The van der Waals surface area contributed by atoms with Crippen molar-refractivity contribution in [2.75, 3.05) is 31.7 Å². The molecule has 0 saturated carbocycles. The van der Waals surface area contributed by atoms with Gasteiger partial charge >= 0.3 is 5.97 Å². The summed E-state index contributed by atoms with van der Waals surface area (Å²) in [5, 5.41) is 4.77. The van der Waals surface area contributed by atoms with E-state index in [0.29, 0.717) is 36.0 Å². The topological polar surface area (TPSA) is 120 Å². The standard InChI is InChI=1S/C22H21FN2O7/c23-15-2-4-16(5-3-15)25-20(27)12-24-21(28)13-32-22(29)8-6-17(26)14-1-7-18-19(11-14)31-10-9-30-18/h1-5,7,11H,6,8-10,12-13H2,(H,24,28)(H,25,27). The number of Topliss-reactive ketones (excluding diaryl/α,β-unsaturated/α-hetero) is 1. The number of fused-ring (bicyclic) bond motifs is 1. The van der Waals surface area contributed by atoms with Gasteiger partial charge < -0.3 is 24.8 Å². The quantitative estimate of drug-likeness (QED) is 0.447. The molecule has 0 fully saturated rings. The zero-order chi connectivity index (χ0) is 22.9. The van der Waals surface area contributed by atoms with E-state index in [4.69, 9.17) is 14.2 Å². The Kier molecular flexibility index (Phi) is 7.74. The molecular formula is C22H21FN2O7. The maximum atomic E-state index is 12.8. The first-order valence-corrected chi connectivity index (χ1v) is 9.81. The zero-order valence-corrected chi connectivity index (χ0v) is 17.0. The fraction of sp³-hybridized carbons (Fsp3) is 0.273. The highest BCUT2D eigenvalue weighted by Gasteiger charge is 2.17. The highest BCUT2D eigenvalue weighted by Crippen LogP contribution is 2.31. The molecule has 1 aliphatic rings. The number of ketones is 1. The molecule has 0 unspecified atom stereocenters. The second-order valence-electron chi connectivity index (χ2n) is 6.77. The van der Waals surface area contributed by atoms with Crippen LogP contribution in [0.1, 0.15) is 23.2 Å². The van der Waals surface area contributed by atoms with Gasteiger partial charge in [-0.25, -0.2) is 4.39 Å². The van der Waals surface area contributed by atoms with Gasteiger partial charge in [0, 0.05) is 17.7 Å². The van der Waals surface area contributed by atoms with Crippen LogP contribution in [0.4, 0.5) is 10.1 Å². The number of benzene rings is 2. The first kappa shape index (κ1) is 22.7. The number of esters is 1. The Balaban J connectivity index is 1.33. The monoisotopic (exact) mass is 444 g/mol. The van der Waals surface area contributed by atoms with Crippen LogP contribution in [0.2, 0.25) is 0 Å². The van der Waals surface area contributed by atoms with Crippen LogP contribution < -0.4 is 20.1 Å². The Morgan fingerprint density at radius 2 is 1.62 bits per heavy atom. The minimum absolute atomic E-state index is 0.0971. The predicted octanol–water partition coefficient (Wildman–Crippen LogP) is 1.86. The summed E-state index contributed by atoms with van der Waals surface area (Å²) >= 11 is 0. The SMILES string of the molecule is O=C(COC(=O)CCC(=O)c1ccc2c(c1)OCCO2)NCC(=O)Nc1ccc(F)cc1. The van der Waals surface area contributed by atoms with Crippen molar-refractivity contribution in [2.45, 2.75) is 12.8 Å². The summed E-state index contributed by atoms with van der Waals surface area (Å²) in [5.41, 5.74) is 0.756. The van der Waals surface area contributed by atoms with Gasteiger partial charge in [0.2, 0.25) is 5.91 Å². The maximum Gasteiger partial charge on any atom is 0.306 e. The summed E-state index contributed by atoms with van der Waals surface area (Å²) in [7, 11) is 0. The number of anilines is 1. The van der Waals surface area contributed by atoms with E-state index in [2.05, 4.69) is 10.6 Å². The van der Waals surface area contributed by atoms with Gasteiger partial charge in [0.1, 0.15) is 19.0 Å². The van der Waals surface area contributed by atoms with Crippen molar-refractivity contribution in [3.05, 3.63) is 53.8 Å². The summed E-state index contributed by atoms with van der Waals surface area (Å²) in [5.74, 6) is -1.60. The smallest absolute Gasteiger partial charge is 0.306 e. The molecule has 2 aromatic carbocycles. The molecule has 10 heteroatoms. The summed E-state index contributed by atoms with van der Waals surface area (Å²) < 4.78 is 28.5. The van der Waals surface area contributed by atoms with Crippen molar-refractivity contribution < 1.29 is 37.8 Å². The zero-order valence-electron chi connectivity index (χ0n) is 17.0. The van der Waals surface area contributed by atoms with Crippen LogP contribution in [-0.2, 0) is 19.1 Å². The van der Waals surface area contributed by atoms with E-state index in [1.165, 1.54) is 24.3 Å². The van der Waals surface area contributed by atoms with E-state index in [0.717, 1.165) is 0 Å². The summed E-state index contributed by atoms with van der Waals surface area (Å²) in [4.78, 5) is 47.6. The number of amides is 2. The minimum Gasteiger partial charge on any atom is -0.486 e. The lowest BCUT2D eigenvalue weighted by atomic mass is 10.1. The molecule has 9 nitrogen and oxygen atoms in total. The van der Waals surface area contributed by atoms with Crippen molar-refractivity contribution in [2.24, 2.45) is 0 Å². The molecule has 0 atom stereocenters. The average Bonchev–Trinajstić information content (AvgIpc) is 2.81. The molecule has 1 heterocycles. The van der Waals surface area contributed by atoms with Crippen LogP contribution in [0.15, 0.2) is 42.5 Å². The first-order chi connectivity index (χ1) is 15.4. The lowest BCUT2D eigenvalue weighted by Crippen LogP contribution is -2.35. The number of rotatable bonds is 9. The molecule has 0 aliphatic carbocycles. The molecule has 0 bridgehead atoms. The number of nitrogens with one attached hydrogen (secondary N) is 2. The summed E-state index contributed by atoms with van der Waals surface area (Å²) in [6, 6.07) is 9.92. The second kappa shape index (κ2) is 10.9. The fourth-order valence-electron chi connectivity index (χ4n) is 2.76. The van der Waals surface area contributed by atoms with E-state index < -0.39 is 30.2 Å². The van der Waals surface area contributed by atoms with E-state index >= 15 is 0 Å². The molecule has 2 N–H and O–H groups in total. The maximum absolute atomic E-state index is 12.8. The van der Waals surface area contributed by atoms with E-state index in [1.54, 1.807) is 18.2 Å². The normalized spacial score (nSPS) is 11.9. The number of ether oxygens (including phenoxy) is 3. The van der Waals surface area contributed by atoms with Gasteiger partial charge in [-0.15, -0.1) is 0 Å². The van der Waals surface area contributed by atoms with Gasteiger partial charge in [-0.3, -0.25) is 19.2 Å². The molecule has 0 spiro atoms. The highest BCUT2D eigenvalue weighted by atomic mass is 19.1. The molecule has 3 rings (SSSR count). The van der Waals surface area contributed by atoms with Crippen LogP contribution in [-0.4, -0.2) is 49.9 Å². The van der Waals surface area contributed by atoms with Gasteiger partial charge in [0.25, 0.3) is 5.91 Å². The van der Waals surface area contributed by atoms with Crippen molar-refractivity contribution in [1.82, 2.24) is 5.32 Å². The van der Waals surface area contributed by atoms with Crippen molar-refractivity contribution >= 4 is 29.3 Å². The summed E-state index contributed by atoms with van der Waals surface area (Å²) in [6.45, 7) is -0.0944. The number of carbonyl (C=O) groups is 4. The summed E-state index contributed by atoms with van der Waals surface area (Å²) in [6.07, 6.45) is -0.300. The molecular weight excluding hydrogens is 423 g/mol. The van der Waals surface area contributed by atoms with Crippen LogP contribution in [0.25, 0.3) is 0 Å². The van der Waals surface area contributed by atoms with Crippen molar-refractivity contribution in [3.8, 4) is 11.5 Å². The Bertz CT molecular complexity index is 1010. The molecule has 1 aliphatic heterocycles. The van der Waals surface area contributed by atoms with Crippen LogP contribution in [0.3, 0.4) is 0 Å². The molecule has 0 aromatic heterocycles. The number of halogens is 1. The van der Waals surface area contributed by atoms with Gasteiger partial charge in [0.15, 0.2) is 23.9 Å². The highest BCUT2D eigenvalue weighted by molar-refractivity contribution is 5.98. The van der Waals surface area contributed by atoms with Crippen LogP contribution in [0.5, 0.6) is 11.5 Å². The minimum atomic E-state index is -0.721. The second-order valence-corrected chi connectivity index (χ2v) is 6.77. The third kappa shape index (κ3) is 6.79.